The summed E-state index contributed by atoms with van der Waals surface area (Å²) in [5, 5.41) is 4.03. The molecular formula is C16H18BN3O. The monoisotopic (exact) mass is 282 g/mol. The summed E-state index contributed by atoms with van der Waals surface area (Å²) in [6, 6.07) is 7.94. The quantitative estimate of drug-likeness (QED) is 0.738. The zero-order valence-electron chi connectivity index (χ0n) is 15.0. The number of hydrogen-bond acceptors (Lipinski definition) is 4. The van der Waals surface area contributed by atoms with Gasteiger partial charge >= 0.3 is 6.85 Å². The van der Waals surface area contributed by atoms with Gasteiger partial charge in [-0.25, -0.2) is 0 Å². The summed E-state index contributed by atoms with van der Waals surface area (Å²) in [5.41, 5.74) is 1.72. The highest BCUT2D eigenvalue weighted by atomic mass is 16.3. The Morgan fingerprint density at radius 1 is 1.29 bits per heavy atom. The SMILES string of the molecule is [2H]C([2H])([2H])N1C=CN(N2C=c3c(oc4ccccc34)=CB2C)[C@H]1C. The van der Waals surface area contributed by atoms with Gasteiger partial charge in [-0.1, -0.05) is 25.0 Å². The molecule has 0 amide bonds. The normalized spacial score (nSPS) is 23.5. The summed E-state index contributed by atoms with van der Waals surface area (Å²) in [6.07, 6.45) is 5.19. The Morgan fingerprint density at radius 2 is 2.14 bits per heavy atom. The van der Waals surface area contributed by atoms with Crippen molar-refractivity contribution in [3.63, 3.8) is 0 Å². The first kappa shape index (κ1) is 9.61. The molecule has 2 aliphatic heterocycles. The standard InChI is InChI=1S/C16H18BN3O/c1-12-18(3)8-9-19(12)20-11-14-13-6-4-5-7-15(13)21-16(14)10-17(20)2/h4-12H,1-3H3/t12-/m0/s1/i3D3. The van der Waals surface area contributed by atoms with Crippen LogP contribution in [0.1, 0.15) is 11.0 Å². The van der Waals surface area contributed by atoms with E-state index >= 15 is 0 Å². The molecule has 0 fully saturated rings. The minimum atomic E-state index is -2.15. The molecule has 1 aromatic carbocycles. The second kappa shape index (κ2) is 4.35. The van der Waals surface area contributed by atoms with Crippen molar-refractivity contribution in [2.75, 3.05) is 6.98 Å². The molecule has 0 radical (unpaired) electrons. The van der Waals surface area contributed by atoms with Crippen LogP contribution in [-0.2, 0) is 0 Å². The highest BCUT2D eigenvalue weighted by molar-refractivity contribution is 6.70. The largest absolute Gasteiger partial charge is 0.457 e. The van der Waals surface area contributed by atoms with Gasteiger partial charge in [0.15, 0.2) is 0 Å². The van der Waals surface area contributed by atoms with Crippen molar-refractivity contribution in [2.24, 2.45) is 0 Å². The number of hydrogen-bond donors (Lipinski definition) is 0. The minimum absolute atomic E-state index is 0.0571. The van der Waals surface area contributed by atoms with E-state index in [-0.39, 0.29) is 13.0 Å². The minimum Gasteiger partial charge on any atom is -0.457 e. The average Bonchev–Trinajstić information content (AvgIpc) is 3.06. The van der Waals surface area contributed by atoms with E-state index in [2.05, 4.69) is 17.7 Å². The average molecular weight is 282 g/mol. The number of rotatable bonds is 1. The van der Waals surface area contributed by atoms with Crippen molar-refractivity contribution in [1.29, 1.82) is 0 Å². The predicted molar refractivity (Wildman–Crippen MR) is 86.1 cm³/mol. The van der Waals surface area contributed by atoms with E-state index in [9.17, 15) is 0 Å². The Bertz CT molecular complexity index is 936. The number of para-hydroxylation sites is 1. The first-order chi connectivity index (χ1) is 11.4. The van der Waals surface area contributed by atoms with Crippen molar-refractivity contribution in [3.8, 4) is 0 Å². The number of nitrogens with zero attached hydrogens (tertiary/aromatic N) is 3. The third kappa shape index (κ3) is 1.77. The van der Waals surface area contributed by atoms with Crippen LogP contribution in [0.15, 0.2) is 41.1 Å². The molecule has 3 heterocycles. The lowest BCUT2D eigenvalue weighted by Crippen LogP contribution is -2.52. The zero-order valence-corrected chi connectivity index (χ0v) is 12.0. The molecule has 0 N–H and O–H groups in total. The van der Waals surface area contributed by atoms with Crippen molar-refractivity contribution in [3.05, 3.63) is 47.3 Å². The number of furan rings is 1. The molecule has 1 aromatic heterocycles. The third-order valence-corrected chi connectivity index (χ3v) is 4.17. The summed E-state index contributed by atoms with van der Waals surface area (Å²) in [4.78, 5) is 3.44. The van der Waals surface area contributed by atoms with Gasteiger partial charge < -0.3 is 14.2 Å². The van der Waals surface area contributed by atoms with Crippen LogP contribution in [0.5, 0.6) is 0 Å². The van der Waals surface area contributed by atoms with Crippen LogP contribution in [0.3, 0.4) is 0 Å². The topological polar surface area (TPSA) is 22.9 Å². The predicted octanol–water partition coefficient (Wildman–Crippen LogP) is 1.41. The van der Waals surface area contributed by atoms with Gasteiger partial charge in [0.1, 0.15) is 17.2 Å². The molecule has 2 aromatic rings. The van der Waals surface area contributed by atoms with E-state index < -0.39 is 6.98 Å². The number of fused-ring (bicyclic) bond motifs is 3. The molecule has 106 valence electrons. The second-order valence-corrected chi connectivity index (χ2v) is 5.51. The summed E-state index contributed by atoms with van der Waals surface area (Å²) in [5.74, 6) is 2.06. The van der Waals surface area contributed by atoms with Crippen LogP contribution in [0.4, 0.5) is 0 Å². The van der Waals surface area contributed by atoms with Crippen molar-refractivity contribution >= 4 is 30.0 Å². The van der Waals surface area contributed by atoms with Gasteiger partial charge in [-0.3, -0.25) is 5.01 Å². The second-order valence-electron chi connectivity index (χ2n) is 5.51. The van der Waals surface area contributed by atoms with Gasteiger partial charge in [0.25, 0.3) is 0 Å². The Balaban J connectivity index is 1.77. The molecule has 1 atom stereocenters. The number of benzene rings is 1. The fourth-order valence-corrected chi connectivity index (χ4v) is 2.95. The number of hydrazine groups is 1. The van der Waals surface area contributed by atoms with Crippen LogP contribution < -0.4 is 10.6 Å². The molecule has 0 aliphatic carbocycles. The fraction of sp³-hybridized carbons (Fsp3) is 0.250. The fourth-order valence-electron chi connectivity index (χ4n) is 2.95. The van der Waals surface area contributed by atoms with Crippen LogP contribution in [0.2, 0.25) is 6.82 Å². The Labute approximate surface area is 128 Å². The molecule has 0 bridgehead atoms. The van der Waals surface area contributed by atoms with E-state index in [0.29, 0.717) is 0 Å². The van der Waals surface area contributed by atoms with E-state index in [1.165, 1.54) is 4.90 Å². The summed E-state index contributed by atoms with van der Waals surface area (Å²) in [6.45, 7) is 1.85. The molecular weight excluding hydrogens is 261 g/mol. The van der Waals surface area contributed by atoms with Gasteiger partial charge in [-0.2, -0.15) is 0 Å². The molecule has 0 saturated heterocycles. The van der Waals surface area contributed by atoms with Crippen LogP contribution in [0.25, 0.3) is 23.1 Å². The van der Waals surface area contributed by atoms with Gasteiger partial charge in [-0.15, -0.1) is 0 Å². The van der Waals surface area contributed by atoms with Gasteiger partial charge in [0.05, 0.1) is 0 Å². The van der Waals surface area contributed by atoms with E-state index in [1.54, 1.807) is 6.20 Å². The summed E-state index contributed by atoms with van der Waals surface area (Å²) in [7, 11) is 0. The van der Waals surface area contributed by atoms with Crippen molar-refractivity contribution < 1.29 is 8.53 Å². The highest BCUT2D eigenvalue weighted by Gasteiger charge is 2.29. The molecule has 0 unspecified atom stereocenters. The summed E-state index contributed by atoms with van der Waals surface area (Å²) >= 11 is 0. The smallest absolute Gasteiger partial charge is 0.306 e. The van der Waals surface area contributed by atoms with E-state index in [0.717, 1.165) is 21.6 Å². The first-order valence-electron chi connectivity index (χ1n) is 8.61. The maximum atomic E-state index is 7.64. The van der Waals surface area contributed by atoms with Gasteiger partial charge in [0.2, 0.25) is 0 Å². The molecule has 0 saturated carbocycles. The van der Waals surface area contributed by atoms with Crippen molar-refractivity contribution in [2.45, 2.75) is 19.9 Å². The van der Waals surface area contributed by atoms with E-state index in [4.69, 9.17) is 8.53 Å². The van der Waals surface area contributed by atoms with Crippen LogP contribution >= 0.6 is 0 Å². The molecule has 2 aliphatic rings. The molecule has 0 spiro atoms. The lowest BCUT2D eigenvalue weighted by atomic mass is 9.63. The Morgan fingerprint density at radius 3 is 2.95 bits per heavy atom. The molecule has 4 nitrogen and oxygen atoms in total. The van der Waals surface area contributed by atoms with Crippen LogP contribution in [-0.4, -0.2) is 34.8 Å². The first-order valence-corrected chi connectivity index (χ1v) is 7.11. The summed E-state index contributed by atoms with van der Waals surface area (Å²) < 4.78 is 28.9. The molecule has 5 heteroatoms. The lowest BCUT2D eigenvalue weighted by Gasteiger charge is -2.39. The highest BCUT2D eigenvalue weighted by Crippen LogP contribution is 2.19. The van der Waals surface area contributed by atoms with Gasteiger partial charge in [-0.05, 0) is 19.0 Å². The van der Waals surface area contributed by atoms with Crippen LogP contribution in [0, 0.1) is 0 Å². The van der Waals surface area contributed by atoms with Gasteiger partial charge in [0, 0.05) is 40.3 Å². The third-order valence-electron chi connectivity index (χ3n) is 4.17. The Hall–Kier alpha value is -2.30. The maximum Gasteiger partial charge on any atom is 0.306 e. The molecule has 21 heavy (non-hydrogen) atoms. The van der Waals surface area contributed by atoms with E-state index in [1.807, 2.05) is 48.6 Å². The Kier molecular flexibility index (Phi) is 1.99. The zero-order chi connectivity index (χ0) is 17.1. The maximum absolute atomic E-state index is 7.64. The van der Waals surface area contributed by atoms with Crippen molar-refractivity contribution in [1.82, 2.24) is 14.8 Å². The lowest BCUT2D eigenvalue weighted by molar-refractivity contribution is 0.0856. The molecule has 4 rings (SSSR count).